The fourth-order valence-electron chi connectivity index (χ4n) is 2.57. The number of ketones is 1. The quantitative estimate of drug-likeness (QED) is 0.594. The molecule has 0 aliphatic rings. The molecule has 2 N–H and O–H groups in total. The third-order valence-corrected chi connectivity index (χ3v) is 6.59. The summed E-state index contributed by atoms with van der Waals surface area (Å²) in [5, 5.41) is 10.4. The van der Waals surface area contributed by atoms with E-state index in [0.717, 1.165) is 15.3 Å². The van der Waals surface area contributed by atoms with E-state index in [1.807, 2.05) is 30.3 Å². The minimum Gasteiger partial charge on any atom is -0.383 e. The van der Waals surface area contributed by atoms with E-state index in [4.69, 9.17) is 0 Å². The summed E-state index contributed by atoms with van der Waals surface area (Å²) in [7, 11) is -3.74. The Morgan fingerprint density at radius 3 is 2.52 bits per heavy atom. The maximum absolute atomic E-state index is 12.5. The van der Waals surface area contributed by atoms with Crippen LogP contribution < -0.4 is 4.72 Å². The molecule has 1 unspecified atom stereocenters. The van der Waals surface area contributed by atoms with Gasteiger partial charge < -0.3 is 5.11 Å². The number of carbonyl (C=O) groups excluding carboxylic acids is 1. The van der Waals surface area contributed by atoms with E-state index in [1.165, 1.54) is 30.4 Å². The molecule has 0 aliphatic heterocycles. The van der Waals surface area contributed by atoms with E-state index in [-0.39, 0.29) is 17.2 Å². The number of aliphatic hydroxyl groups excluding tert-OH is 1. The number of thiophene rings is 1. The van der Waals surface area contributed by atoms with Crippen molar-refractivity contribution in [1.29, 1.82) is 0 Å². The third-order valence-electron chi connectivity index (χ3n) is 4.05. The van der Waals surface area contributed by atoms with Crippen molar-refractivity contribution >= 4 is 27.1 Å². The molecule has 1 heterocycles. The van der Waals surface area contributed by atoms with Crippen molar-refractivity contribution < 1.29 is 18.3 Å². The molecule has 1 atom stereocenters. The summed E-state index contributed by atoms with van der Waals surface area (Å²) in [6.07, 6.45) is -0.742. The molecular formula is C20H19NO4S2. The maximum atomic E-state index is 12.5. The van der Waals surface area contributed by atoms with Crippen LogP contribution in [0.5, 0.6) is 0 Å². The monoisotopic (exact) mass is 401 g/mol. The molecule has 0 spiro atoms. The first kappa shape index (κ1) is 19.4. The standard InChI is InChI=1S/C20H19NO4S2/c1-14(22)16-8-5-9-18(12-16)27(24,25)21-13-17-10-11-19(26-17)20(23)15-6-3-2-4-7-15/h2-12,20-21,23H,13H2,1H3. The van der Waals surface area contributed by atoms with E-state index >= 15 is 0 Å². The second-order valence-corrected chi connectivity index (χ2v) is 8.99. The zero-order valence-corrected chi connectivity index (χ0v) is 16.3. The molecule has 0 bridgehead atoms. The van der Waals surface area contributed by atoms with Crippen LogP contribution in [0.3, 0.4) is 0 Å². The van der Waals surface area contributed by atoms with E-state index in [9.17, 15) is 18.3 Å². The number of carbonyl (C=O) groups is 1. The Kier molecular flexibility index (Phi) is 5.86. The van der Waals surface area contributed by atoms with Crippen molar-refractivity contribution in [1.82, 2.24) is 4.72 Å². The summed E-state index contributed by atoms with van der Waals surface area (Å²) >= 11 is 1.35. The molecule has 1 aromatic heterocycles. The lowest BCUT2D eigenvalue weighted by atomic mass is 10.1. The molecule has 27 heavy (non-hydrogen) atoms. The van der Waals surface area contributed by atoms with Crippen LogP contribution in [0.2, 0.25) is 0 Å². The number of aliphatic hydroxyl groups is 1. The fraction of sp³-hybridized carbons (Fsp3) is 0.150. The molecule has 3 rings (SSSR count). The van der Waals surface area contributed by atoms with Crippen molar-refractivity contribution in [3.8, 4) is 0 Å². The van der Waals surface area contributed by atoms with Gasteiger partial charge in [0, 0.05) is 21.9 Å². The van der Waals surface area contributed by atoms with Crippen LogP contribution in [-0.4, -0.2) is 19.3 Å². The van der Waals surface area contributed by atoms with Crippen molar-refractivity contribution in [3.63, 3.8) is 0 Å². The molecule has 0 fully saturated rings. The average molecular weight is 402 g/mol. The van der Waals surface area contributed by atoms with Gasteiger partial charge in [0.05, 0.1) is 4.90 Å². The van der Waals surface area contributed by atoms with Gasteiger partial charge in [0.15, 0.2) is 5.78 Å². The lowest BCUT2D eigenvalue weighted by Gasteiger charge is -2.08. The minimum absolute atomic E-state index is 0.0521. The molecule has 0 amide bonds. The first-order valence-corrected chi connectivity index (χ1v) is 10.6. The molecule has 0 aliphatic carbocycles. The van der Waals surface area contributed by atoms with Gasteiger partial charge in [-0.1, -0.05) is 42.5 Å². The molecule has 0 saturated carbocycles. The van der Waals surface area contributed by atoms with Crippen LogP contribution in [0.4, 0.5) is 0 Å². The fourth-order valence-corrected chi connectivity index (χ4v) is 4.68. The van der Waals surface area contributed by atoms with Crippen molar-refractivity contribution in [3.05, 3.63) is 87.6 Å². The number of sulfonamides is 1. The van der Waals surface area contributed by atoms with Gasteiger partial charge in [0.25, 0.3) is 0 Å². The molecular weight excluding hydrogens is 382 g/mol. The lowest BCUT2D eigenvalue weighted by Crippen LogP contribution is -2.23. The molecule has 0 radical (unpaired) electrons. The Balaban J connectivity index is 1.71. The molecule has 0 saturated heterocycles. The number of rotatable bonds is 7. The van der Waals surface area contributed by atoms with Gasteiger partial charge >= 0.3 is 0 Å². The van der Waals surface area contributed by atoms with Crippen LogP contribution in [0.15, 0.2) is 71.6 Å². The van der Waals surface area contributed by atoms with Crippen LogP contribution in [-0.2, 0) is 16.6 Å². The Labute approximate surface area is 162 Å². The number of Topliss-reactive ketones (excluding diaryl/α,β-unsaturated/α-hetero) is 1. The molecule has 7 heteroatoms. The van der Waals surface area contributed by atoms with E-state index < -0.39 is 16.1 Å². The predicted molar refractivity (Wildman–Crippen MR) is 105 cm³/mol. The van der Waals surface area contributed by atoms with E-state index in [1.54, 1.807) is 24.3 Å². The topological polar surface area (TPSA) is 83.5 Å². The smallest absolute Gasteiger partial charge is 0.240 e. The molecule has 3 aromatic rings. The zero-order chi connectivity index (χ0) is 19.4. The van der Waals surface area contributed by atoms with Crippen LogP contribution in [0.25, 0.3) is 0 Å². The first-order valence-electron chi connectivity index (χ1n) is 8.29. The molecule has 140 valence electrons. The number of nitrogens with one attached hydrogen (secondary N) is 1. The van der Waals surface area contributed by atoms with Crippen LogP contribution in [0.1, 0.15) is 38.7 Å². The zero-order valence-electron chi connectivity index (χ0n) is 14.6. The molecule has 2 aromatic carbocycles. The van der Waals surface area contributed by atoms with Gasteiger partial charge in [-0.05, 0) is 36.8 Å². The second-order valence-electron chi connectivity index (χ2n) is 6.03. The number of benzene rings is 2. The SMILES string of the molecule is CC(=O)c1cccc(S(=O)(=O)NCc2ccc(C(O)c3ccccc3)s2)c1. The summed E-state index contributed by atoms with van der Waals surface area (Å²) in [4.78, 5) is 13.0. The Morgan fingerprint density at radius 2 is 1.81 bits per heavy atom. The minimum atomic E-state index is -3.74. The van der Waals surface area contributed by atoms with Gasteiger partial charge in [-0.25, -0.2) is 13.1 Å². The van der Waals surface area contributed by atoms with E-state index in [2.05, 4.69) is 4.72 Å². The summed E-state index contributed by atoms with van der Waals surface area (Å²) in [5.41, 5.74) is 1.13. The summed E-state index contributed by atoms with van der Waals surface area (Å²) in [5.74, 6) is -0.190. The van der Waals surface area contributed by atoms with Gasteiger partial charge in [-0.2, -0.15) is 0 Å². The lowest BCUT2D eigenvalue weighted by molar-refractivity contribution is 0.101. The summed E-state index contributed by atoms with van der Waals surface area (Å²) in [6, 6.07) is 18.8. The first-order chi connectivity index (χ1) is 12.9. The number of hydrogen-bond acceptors (Lipinski definition) is 5. The summed E-state index contributed by atoms with van der Waals surface area (Å²) < 4.78 is 27.5. The summed E-state index contributed by atoms with van der Waals surface area (Å²) in [6.45, 7) is 1.50. The highest BCUT2D eigenvalue weighted by molar-refractivity contribution is 7.89. The van der Waals surface area contributed by atoms with Crippen molar-refractivity contribution in [2.45, 2.75) is 24.5 Å². The third kappa shape index (κ3) is 4.70. The van der Waals surface area contributed by atoms with Gasteiger partial charge in [0.1, 0.15) is 6.10 Å². The average Bonchev–Trinajstić information content (AvgIpc) is 3.16. The van der Waals surface area contributed by atoms with Crippen LogP contribution >= 0.6 is 11.3 Å². The number of hydrogen-bond donors (Lipinski definition) is 2. The highest BCUT2D eigenvalue weighted by Crippen LogP contribution is 2.28. The van der Waals surface area contributed by atoms with Gasteiger partial charge in [-0.3, -0.25) is 4.79 Å². The van der Waals surface area contributed by atoms with Gasteiger partial charge in [-0.15, -0.1) is 11.3 Å². The molecule has 5 nitrogen and oxygen atoms in total. The largest absolute Gasteiger partial charge is 0.383 e. The Hall–Kier alpha value is -2.32. The normalized spacial score (nSPS) is 12.7. The second kappa shape index (κ2) is 8.14. The Morgan fingerprint density at radius 1 is 1.07 bits per heavy atom. The van der Waals surface area contributed by atoms with Crippen LogP contribution in [0, 0.1) is 0 Å². The van der Waals surface area contributed by atoms with Crippen molar-refractivity contribution in [2.24, 2.45) is 0 Å². The van der Waals surface area contributed by atoms with Gasteiger partial charge in [0.2, 0.25) is 10.0 Å². The van der Waals surface area contributed by atoms with E-state index in [0.29, 0.717) is 5.56 Å². The predicted octanol–water partition coefficient (Wildman–Crippen LogP) is 3.51. The van der Waals surface area contributed by atoms with Crippen molar-refractivity contribution in [2.75, 3.05) is 0 Å². The highest BCUT2D eigenvalue weighted by atomic mass is 32.2. The maximum Gasteiger partial charge on any atom is 0.240 e. The highest BCUT2D eigenvalue weighted by Gasteiger charge is 2.17. The Bertz CT molecular complexity index is 1040.